The summed E-state index contributed by atoms with van der Waals surface area (Å²) in [6.07, 6.45) is 0. The third-order valence-corrected chi connectivity index (χ3v) is 10.9. The van der Waals surface area contributed by atoms with Crippen molar-refractivity contribution < 1.29 is 14.3 Å². The fraction of sp³-hybridized carbons (Fsp3) is 0.205. The minimum absolute atomic E-state index is 0.0117. The molecular formula is C44H40N2O3S. The van der Waals surface area contributed by atoms with Crippen molar-refractivity contribution in [2.24, 2.45) is 0 Å². The van der Waals surface area contributed by atoms with Gasteiger partial charge in [-0.05, 0) is 102 Å². The fourth-order valence-electron chi connectivity index (χ4n) is 6.97. The Kier molecular flexibility index (Phi) is 8.97. The van der Waals surface area contributed by atoms with Crippen molar-refractivity contribution in [1.29, 1.82) is 0 Å². The topological polar surface area (TPSA) is 42.0 Å². The number of carbonyl (C=O) groups is 1. The first-order valence-electron chi connectivity index (χ1n) is 17.4. The maximum atomic E-state index is 14.4. The second-order valence-electron chi connectivity index (χ2n) is 13.3. The van der Waals surface area contributed by atoms with Crippen LogP contribution in [0.3, 0.4) is 0 Å². The van der Waals surface area contributed by atoms with Gasteiger partial charge in [0.1, 0.15) is 24.7 Å². The number of anilines is 1. The highest BCUT2D eigenvalue weighted by molar-refractivity contribution is 7.26. The molecule has 7 aromatic rings. The van der Waals surface area contributed by atoms with Gasteiger partial charge in [0.2, 0.25) is 0 Å². The van der Waals surface area contributed by atoms with Gasteiger partial charge in [0.25, 0.3) is 0 Å². The molecule has 6 heteroatoms. The summed E-state index contributed by atoms with van der Waals surface area (Å²) in [6, 6.07) is 43.7. The van der Waals surface area contributed by atoms with Gasteiger partial charge in [0.15, 0.2) is 5.78 Å². The molecule has 0 atom stereocenters. The number of rotatable bonds is 10. The number of carbonyl (C=O) groups excluding carboxylic acids is 1. The smallest absolute Gasteiger partial charge is 0.193 e. The van der Waals surface area contributed by atoms with E-state index in [9.17, 15) is 4.79 Å². The number of hydrogen-bond acceptors (Lipinski definition) is 6. The number of hydrogen-bond donors (Lipinski definition) is 0. The molecule has 50 heavy (non-hydrogen) atoms. The number of thiophene rings is 1. The van der Waals surface area contributed by atoms with Crippen LogP contribution in [-0.4, -0.2) is 42.9 Å². The maximum absolute atomic E-state index is 14.4. The van der Waals surface area contributed by atoms with Crippen LogP contribution in [0.25, 0.3) is 30.9 Å². The van der Waals surface area contributed by atoms with Gasteiger partial charge in [-0.15, -0.1) is 11.3 Å². The maximum Gasteiger partial charge on any atom is 0.193 e. The molecule has 0 unspecified atom stereocenters. The van der Waals surface area contributed by atoms with Crippen LogP contribution in [0.4, 0.5) is 5.69 Å². The average molecular weight is 677 g/mol. The molecule has 8 rings (SSSR count). The molecular weight excluding hydrogens is 637 g/mol. The minimum Gasteiger partial charge on any atom is -0.489 e. The molecule has 0 N–H and O–H groups in total. The predicted molar refractivity (Wildman–Crippen MR) is 207 cm³/mol. The van der Waals surface area contributed by atoms with E-state index in [0.29, 0.717) is 30.4 Å². The minimum atomic E-state index is 0.0117. The highest BCUT2D eigenvalue weighted by Gasteiger charge is 2.22. The predicted octanol–water partition coefficient (Wildman–Crippen LogP) is 10.1. The van der Waals surface area contributed by atoms with E-state index < -0.39 is 0 Å². The highest BCUT2D eigenvalue weighted by Crippen LogP contribution is 2.42. The first-order chi connectivity index (χ1) is 24.5. The van der Waals surface area contributed by atoms with Crippen molar-refractivity contribution in [1.82, 2.24) is 4.90 Å². The molecule has 1 saturated heterocycles. The van der Waals surface area contributed by atoms with E-state index in [1.54, 1.807) is 11.3 Å². The van der Waals surface area contributed by atoms with Gasteiger partial charge >= 0.3 is 0 Å². The van der Waals surface area contributed by atoms with Crippen LogP contribution in [0, 0.1) is 0 Å². The molecule has 0 bridgehead atoms. The Morgan fingerprint density at radius 3 is 1.86 bits per heavy atom. The summed E-state index contributed by atoms with van der Waals surface area (Å²) < 4.78 is 14.7. The summed E-state index contributed by atoms with van der Waals surface area (Å²) in [7, 11) is 0. The number of nitrogens with zero attached hydrogens (tertiary/aromatic N) is 2. The molecule has 0 amide bonds. The van der Waals surface area contributed by atoms with Gasteiger partial charge in [-0.1, -0.05) is 60.7 Å². The van der Waals surface area contributed by atoms with Crippen molar-refractivity contribution in [3.8, 4) is 11.5 Å². The Bertz CT molecular complexity index is 2270. The lowest BCUT2D eigenvalue weighted by molar-refractivity contribution is 0.104. The lowest BCUT2D eigenvalue weighted by atomic mass is 9.94. The molecule has 0 saturated carbocycles. The van der Waals surface area contributed by atoms with E-state index in [-0.39, 0.29) is 5.78 Å². The van der Waals surface area contributed by atoms with E-state index in [4.69, 9.17) is 9.47 Å². The zero-order valence-corrected chi connectivity index (χ0v) is 29.3. The molecule has 1 aliphatic heterocycles. The normalized spacial score (nSPS) is 13.8. The van der Waals surface area contributed by atoms with Gasteiger partial charge in [-0.2, -0.15) is 0 Å². The van der Waals surface area contributed by atoms with Crippen molar-refractivity contribution >= 4 is 53.8 Å². The second-order valence-corrected chi connectivity index (χ2v) is 14.4. The third kappa shape index (κ3) is 6.57. The summed E-state index contributed by atoms with van der Waals surface area (Å²) in [4.78, 5) is 19.3. The highest BCUT2D eigenvalue weighted by atomic mass is 32.1. The Balaban J connectivity index is 1.15. The largest absolute Gasteiger partial charge is 0.489 e. The second kappa shape index (κ2) is 14.0. The third-order valence-electron chi connectivity index (χ3n) is 9.80. The number of ether oxygens (including phenoxy) is 2. The van der Waals surface area contributed by atoms with E-state index in [1.807, 2.05) is 66.7 Å². The van der Waals surface area contributed by atoms with Crippen LogP contribution < -0.4 is 14.4 Å². The summed E-state index contributed by atoms with van der Waals surface area (Å²) in [5, 5.41) is 4.24. The molecule has 6 aromatic carbocycles. The number of benzene rings is 6. The Hall–Kier alpha value is -5.17. The zero-order chi connectivity index (χ0) is 34.0. The fourth-order valence-corrected chi connectivity index (χ4v) is 8.16. The summed E-state index contributed by atoms with van der Waals surface area (Å²) >= 11 is 1.70. The van der Waals surface area contributed by atoms with Crippen molar-refractivity contribution in [3.63, 3.8) is 0 Å². The first-order valence-corrected chi connectivity index (χ1v) is 18.2. The van der Waals surface area contributed by atoms with E-state index >= 15 is 0 Å². The van der Waals surface area contributed by atoms with E-state index in [1.165, 1.54) is 0 Å². The van der Waals surface area contributed by atoms with Crippen molar-refractivity contribution in [2.75, 3.05) is 31.1 Å². The van der Waals surface area contributed by atoms with E-state index in [2.05, 4.69) is 84.3 Å². The average Bonchev–Trinajstić information content (AvgIpc) is 3.54. The molecule has 1 fully saturated rings. The van der Waals surface area contributed by atoms with Crippen LogP contribution in [0.2, 0.25) is 0 Å². The molecule has 1 aromatic heterocycles. The van der Waals surface area contributed by atoms with Crippen LogP contribution in [0.5, 0.6) is 11.5 Å². The van der Waals surface area contributed by atoms with Crippen LogP contribution in [0.15, 0.2) is 127 Å². The Labute approximate surface area is 297 Å². The lowest BCUT2D eigenvalue weighted by Crippen LogP contribution is -2.48. The van der Waals surface area contributed by atoms with Gasteiger partial charge in [-0.25, -0.2) is 0 Å². The van der Waals surface area contributed by atoms with Crippen molar-refractivity contribution in [3.05, 3.63) is 150 Å². The molecule has 0 radical (unpaired) electrons. The summed E-state index contributed by atoms with van der Waals surface area (Å²) in [5.41, 5.74) is 4.76. The number of fused-ring (bicyclic) bond motifs is 5. The number of ketones is 1. The van der Waals surface area contributed by atoms with Crippen LogP contribution in [0.1, 0.15) is 40.9 Å². The van der Waals surface area contributed by atoms with Gasteiger partial charge in [-0.3, -0.25) is 9.69 Å². The molecule has 1 aliphatic rings. The van der Waals surface area contributed by atoms with Gasteiger partial charge in [0, 0.05) is 69.2 Å². The zero-order valence-electron chi connectivity index (χ0n) is 28.5. The summed E-state index contributed by atoms with van der Waals surface area (Å²) in [5.74, 6) is 1.58. The quantitative estimate of drug-likeness (QED) is 0.135. The SMILES string of the molecule is CC(C)N1CCN(c2ccc(C(=O)c3cc4sc5cc(OCc6ccccc6)ccc5c4c4ccc(OCc5ccccc5)cc34)cc2)CC1. The lowest BCUT2D eigenvalue weighted by Gasteiger charge is -2.38. The van der Waals surface area contributed by atoms with Crippen molar-refractivity contribution in [2.45, 2.75) is 33.1 Å². The van der Waals surface area contributed by atoms with Crippen LogP contribution in [-0.2, 0) is 13.2 Å². The molecule has 0 spiro atoms. The number of piperazine rings is 1. The standard InChI is InChI=1S/C44H40N2O3S/c1-30(2)45-21-23-46(24-22-45)34-15-13-33(14-16-34)44(47)40-27-42-43(37-19-17-35(25-39(37)40)48-28-31-9-5-3-6-10-31)38-20-18-36(26-41(38)50-42)49-29-32-11-7-4-8-12-32/h3-20,25-27,30H,21-24,28-29H2,1-2H3. The summed E-state index contributed by atoms with van der Waals surface area (Å²) in [6.45, 7) is 9.56. The van der Waals surface area contributed by atoms with Crippen LogP contribution >= 0.6 is 11.3 Å². The Morgan fingerprint density at radius 1 is 0.640 bits per heavy atom. The molecule has 2 heterocycles. The first kappa shape index (κ1) is 32.1. The molecule has 0 aliphatic carbocycles. The van der Waals surface area contributed by atoms with E-state index in [0.717, 1.165) is 85.4 Å². The molecule has 250 valence electrons. The van der Waals surface area contributed by atoms with Gasteiger partial charge < -0.3 is 14.4 Å². The monoisotopic (exact) mass is 676 g/mol. The Morgan fingerprint density at radius 2 is 1.24 bits per heavy atom. The van der Waals surface area contributed by atoms with Gasteiger partial charge in [0.05, 0.1) is 0 Å². The molecule has 5 nitrogen and oxygen atoms in total.